The fraction of sp³-hybridized carbons (Fsp3) is 0.400. The molecule has 0 aliphatic heterocycles. The molecule has 9 heavy (non-hydrogen) atoms. The molecule has 4 N–H and O–H groups in total. The van der Waals surface area contributed by atoms with Crippen molar-refractivity contribution in [2.45, 2.75) is 6.04 Å². The molecule has 1 unspecified atom stereocenters. The monoisotopic (exact) mass is 131 g/mol. The highest BCUT2D eigenvalue weighted by molar-refractivity contribution is 5.75. The van der Waals surface area contributed by atoms with Crippen LogP contribution < -0.4 is 5.73 Å². The molecule has 0 aromatic rings. The highest BCUT2D eigenvalue weighted by Gasteiger charge is 2.04. The largest absolute Gasteiger partial charge is 0.480 e. The summed E-state index contributed by atoms with van der Waals surface area (Å²) in [6.07, 6.45) is 2.52. The summed E-state index contributed by atoms with van der Waals surface area (Å²) in [5, 5.41) is 16.3. The van der Waals surface area contributed by atoms with Gasteiger partial charge in [-0.15, -0.1) is 0 Å². The van der Waals surface area contributed by atoms with Crippen molar-refractivity contribution in [3.05, 3.63) is 12.2 Å². The average Bonchev–Trinajstić information content (AvgIpc) is 1.82. The third kappa shape index (κ3) is 3.69. The van der Waals surface area contributed by atoms with Crippen molar-refractivity contribution in [2.24, 2.45) is 5.73 Å². The van der Waals surface area contributed by atoms with Crippen LogP contribution in [-0.4, -0.2) is 28.8 Å². The molecule has 0 bridgehead atoms. The zero-order valence-electron chi connectivity index (χ0n) is 4.82. The molecule has 0 aliphatic rings. The second kappa shape index (κ2) is 4.05. The predicted molar refractivity (Wildman–Crippen MR) is 31.8 cm³/mol. The average molecular weight is 131 g/mol. The Balaban J connectivity index is 3.62. The summed E-state index contributed by atoms with van der Waals surface area (Å²) in [6.45, 7) is -0.180. The number of hydrogen-bond donors (Lipinski definition) is 3. The molecule has 1 atom stereocenters. The van der Waals surface area contributed by atoms with Crippen LogP contribution >= 0.6 is 0 Å². The second-order valence-electron chi connectivity index (χ2n) is 1.47. The molecule has 52 valence electrons. The normalized spacial score (nSPS) is 14.0. The third-order valence-electron chi connectivity index (χ3n) is 0.734. The highest BCUT2D eigenvalue weighted by atomic mass is 16.4. The van der Waals surface area contributed by atoms with Gasteiger partial charge in [0.15, 0.2) is 0 Å². The quantitative estimate of drug-likeness (QED) is 0.426. The van der Waals surface area contributed by atoms with E-state index in [-0.39, 0.29) is 6.61 Å². The van der Waals surface area contributed by atoms with Crippen molar-refractivity contribution in [2.75, 3.05) is 6.61 Å². The van der Waals surface area contributed by atoms with Gasteiger partial charge in [-0.2, -0.15) is 0 Å². The first-order valence-corrected chi connectivity index (χ1v) is 2.44. The number of aliphatic hydroxyl groups excluding tert-OH is 1. The third-order valence-corrected chi connectivity index (χ3v) is 0.734. The number of carboxylic acid groups (broad SMARTS) is 1. The Hall–Kier alpha value is -0.870. The SMILES string of the molecule is NC(/C=C/CO)C(=O)O. The van der Waals surface area contributed by atoms with Gasteiger partial charge in [0.25, 0.3) is 0 Å². The van der Waals surface area contributed by atoms with Crippen LogP contribution in [0.15, 0.2) is 12.2 Å². The maximum atomic E-state index is 9.95. The Labute approximate surface area is 52.6 Å². The van der Waals surface area contributed by atoms with E-state index in [2.05, 4.69) is 0 Å². The van der Waals surface area contributed by atoms with Crippen LogP contribution in [0.2, 0.25) is 0 Å². The summed E-state index contributed by atoms with van der Waals surface area (Å²) >= 11 is 0. The molecule has 0 spiro atoms. The van der Waals surface area contributed by atoms with Gasteiger partial charge in [-0.25, -0.2) is 0 Å². The molecular weight excluding hydrogens is 122 g/mol. The van der Waals surface area contributed by atoms with Gasteiger partial charge in [-0.05, 0) is 0 Å². The molecule has 0 rings (SSSR count). The van der Waals surface area contributed by atoms with Crippen molar-refractivity contribution in [1.29, 1.82) is 0 Å². The molecule has 0 heterocycles. The Morgan fingerprint density at radius 1 is 1.78 bits per heavy atom. The number of aliphatic hydroxyl groups is 1. The van der Waals surface area contributed by atoms with Gasteiger partial charge in [-0.3, -0.25) is 4.79 Å². The highest BCUT2D eigenvalue weighted by Crippen LogP contribution is 1.80. The van der Waals surface area contributed by atoms with E-state index in [1.165, 1.54) is 12.2 Å². The van der Waals surface area contributed by atoms with Crippen molar-refractivity contribution >= 4 is 5.97 Å². The van der Waals surface area contributed by atoms with E-state index in [9.17, 15) is 4.79 Å². The lowest BCUT2D eigenvalue weighted by atomic mass is 10.3. The first-order chi connectivity index (χ1) is 4.18. The molecule has 4 nitrogen and oxygen atoms in total. The summed E-state index contributed by atoms with van der Waals surface area (Å²) in [4.78, 5) is 9.95. The molecule has 0 amide bonds. The lowest BCUT2D eigenvalue weighted by Gasteiger charge is -1.95. The van der Waals surface area contributed by atoms with Gasteiger partial charge in [0.2, 0.25) is 0 Å². The van der Waals surface area contributed by atoms with Gasteiger partial charge < -0.3 is 15.9 Å². The zero-order valence-corrected chi connectivity index (χ0v) is 4.82. The van der Waals surface area contributed by atoms with E-state index in [1.807, 2.05) is 0 Å². The van der Waals surface area contributed by atoms with Crippen LogP contribution in [0.5, 0.6) is 0 Å². The van der Waals surface area contributed by atoms with Crippen molar-refractivity contribution in [3.63, 3.8) is 0 Å². The first kappa shape index (κ1) is 8.13. The van der Waals surface area contributed by atoms with E-state index in [1.54, 1.807) is 0 Å². The van der Waals surface area contributed by atoms with E-state index in [4.69, 9.17) is 15.9 Å². The summed E-state index contributed by atoms with van der Waals surface area (Å²) in [6, 6.07) is -1.00. The summed E-state index contributed by atoms with van der Waals surface area (Å²) in [7, 11) is 0. The van der Waals surface area contributed by atoms with Crippen LogP contribution in [0, 0.1) is 0 Å². The van der Waals surface area contributed by atoms with Gasteiger partial charge >= 0.3 is 5.97 Å². The Morgan fingerprint density at radius 2 is 2.33 bits per heavy atom. The standard InChI is InChI=1S/C5H9NO3/c6-4(5(8)9)2-1-3-7/h1-2,4,7H,3,6H2,(H,8,9)/b2-1+. The summed E-state index contributed by atoms with van der Waals surface area (Å²) in [5.74, 6) is -1.10. The Kier molecular flexibility index (Phi) is 3.66. The smallest absolute Gasteiger partial charge is 0.324 e. The van der Waals surface area contributed by atoms with Crippen LogP contribution in [0.25, 0.3) is 0 Å². The lowest BCUT2D eigenvalue weighted by Crippen LogP contribution is -2.27. The van der Waals surface area contributed by atoms with Gasteiger partial charge in [0.05, 0.1) is 6.61 Å². The fourth-order valence-electron chi connectivity index (χ4n) is 0.290. The molecule has 4 heteroatoms. The summed E-state index contributed by atoms with van der Waals surface area (Å²) < 4.78 is 0. The van der Waals surface area contributed by atoms with Crippen molar-refractivity contribution in [3.8, 4) is 0 Å². The molecule has 0 saturated heterocycles. The van der Waals surface area contributed by atoms with Crippen LogP contribution in [-0.2, 0) is 4.79 Å². The van der Waals surface area contributed by atoms with E-state index in [0.717, 1.165) is 0 Å². The number of rotatable bonds is 3. The van der Waals surface area contributed by atoms with Crippen molar-refractivity contribution in [1.82, 2.24) is 0 Å². The number of carboxylic acids is 1. The van der Waals surface area contributed by atoms with Crippen LogP contribution in [0.3, 0.4) is 0 Å². The number of carbonyl (C=O) groups is 1. The topological polar surface area (TPSA) is 83.5 Å². The van der Waals surface area contributed by atoms with Gasteiger partial charge in [0, 0.05) is 0 Å². The maximum absolute atomic E-state index is 9.95. The molecule has 0 saturated carbocycles. The Morgan fingerprint density at radius 3 is 2.67 bits per heavy atom. The molecule has 0 aromatic heterocycles. The summed E-state index contributed by atoms with van der Waals surface area (Å²) in [5.41, 5.74) is 5.01. The van der Waals surface area contributed by atoms with Gasteiger partial charge in [-0.1, -0.05) is 12.2 Å². The number of nitrogens with two attached hydrogens (primary N) is 1. The zero-order chi connectivity index (χ0) is 7.28. The predicted octanol–water partition coefficient (Wildman–Crippen LogP) is -1.05. The number of aliphatic carboxylic acids is 1. The van der Waals surface area contributed by atoms with E-state index < -0.39 is 12.0 Å². The second-order valence-corrected chi connectivity index (χ2v) is 1.47. The lowest BCUT2D eigenvalue weighted by molar-refractivity contribution is -0.137. The molecule has 0 aliphatic carbocycles. The minimum absolute atomic E-state index is 0.180. The fourth-order valence-corrected chi connectivity index (χ4v) is 0.290. The van der Waals surface area contributed by atoms with Crippen LogP contribution in [0.1, 0.15) is 0 Å². The van der Waals surface area contributed by atoms with E-state index >= 15 is 0 Å². The minimum Gasteiger partial charge on any atom is -0.480 e. The number of hydrogen-bond acceptors (Lipinski definition) is 3. The first-order valence-electron chi connectivity index (χ1n) is 2.44. The van der Waals surface area contributed by atoms with Crippen LogP contribution in [0.4, 0.5) is 0 Å². The van der Waals surface area contributed by atoms with Crippen molar-refractivity contribution < 1.29 is 15.0 Å². The molecule has 0 aromatic carbocycles. The molecular formula is C5H9NO3. The molecule has 0 radical (unpaired) electrons. The minimum atomic E-state index is -1.10. The van der Waals surface area contributed by atoms with E-state index in [0.29, 0.717) is 0 Å². The maximum Gasteiger partial charge on any atom is 0.324 e. The molecule has 0 fully saturated rings. The van der Waals surface area contributed by atoms with Gasteiger partial charge in [0.1, 0.15) is 6.04 Å². The Bertz CT molecular complexity index is 121.